The molecule has 0 bridgehead atoms. The zero-order valence-electron chi connectivity index (χ0n) is 9.71. The Bertz CT molecular complexity index is 487. The number of nitrogens with two attached hydrogens (primary N) is 1. The molecule has 0 unspecified atom stereocenters. The summed E-state index contributed by atoms with van der Waals surface area (Å²) in [4.78, 5) is 11.5. The number of carbonyl (C=O) groups is 1. The van der Waals surface area contributed by atoms with Crippen molar-refractivity contribution in [3.63, 3.8) is 0 Å². The van der Waals surface area contributed by atoms with Gasteiger partial charge >= 0.3 is 5.97 Å². The molecule has 0 spiro atoms. The van der Waals surface area contributed by atoms with E-state index in [1.54, 1.807) is 0 Å². The van der Waals surface area contributed by atoms with Crippen LogP contribution in [0.15, 0.2) is 16.3 Å². The molecule has 18 heavy (non-hydrogen) atoms. The molecule has 0 amide bonds. The van der Waals surface area contributed by atoms with E-state index >= 15 is 0 Å². The zero-order valence-corrected chi connectivity index (χ0v) is 12.2. The number of rotatable bonds is 6. The van der Waals surface area contributed by atoms with E-state index in [-0.39, 0.29) is 28.7 Å². The number of hydrogen-bond donors (Lipinski definition) is 2. The highest BCUT2D eigenvalue weighted by atomic mass is 35.5. The number of ether oxygens (including phenoxy) is 1. The first-order valence-corrected chi connectivity index (χ1v) is 7.24. The summed E-state index contributed by atoms with van der Waals surface area (Å²) in [6.07, 6.45) is 0.563. The normalized spacial score (nSPS) is 10.8. The first-order chi connectivity index (χ1) is 8.01. The maximum atomic E-state index is 11.7. The van der Waals surface area contributed by atoms with E-state index in [9.17, 15) is 13.2 Å². The summed E-state index contributed by atoms with van der Waals surface area (Å²) in [5, 5.41) is 1.40. The molecule has 0 aliphatic rings. The second-order valence-electron chi connectivity index (χ2n) is 3.18. The molecule has 0 radical (unpaired) electrons. The Morgan fingerprint density at radius 3 is 2.78 bits per heavy atom. The summed E-state index contributed by atoms with van der Waals surface area (Å²) in [6, 6.07) is 1.29. The Balaban J connectivity index is 0.00000289. The van der Waals surface area contributed by atoms with Gasteiger partial charge in [0.25, 0.3) is 0 Å². The fraction of sp³-hybridized carbons (Fsp3) is 0.444. The van der Waals surface area contributed by atoms with Gasteiger partial charge in [0, 0.05) is 11.9 Å². The van der Waals surface area contributed by atoms with Crippen LogP contribution in [0.3, 0.4) is 0 Å². The van der Waals surface area contributed by atoms with Crippen molar-refractivity contribution in [2.24, 2.45) is 5.73 Å². The monoisotopic (exact) mass is 314 g/mol. The second kappa shape index (κ2) is 7.70. The molecule has 0 fully saturated rings. The van der Waals surface area contributed by atoms with Crippen LogP contribution >= 0.6 is 23.7 Å². The summed E-state index contributed by atoms with van der Waals surface area (Å²) in [7, 11) is -2.31. The minimum Gasteiger partial charge on any atom is -0.465 e. The molecule has 0 atom stereocenters. The Hall–Kier alpha value is -0.670. The molecule has 3 N–H and O–H groups in total. The highest BCUT2D eigenvalue weighted by Crippen LogP contribution is 2.19. The summed E-state index contributed by atoms with van der Waals surface area (Å²) in [5.41, 5.74) is 5.26. The summed E-state index contributed by atoms with van der Waals surface area (Å²) < 4.78 is 30.4. The van der Waals surface area contributed by atoms with Gasteiger partial charge in [-0.25, -0.2) is 17.9 Å². The molecule has 1 heterocycles. The first kappa shape index (κ1) is 17.3. The van der Waals surface area contributed by atoms with Gasteiger partial charge in [-0.1, -0.05) is 0 Å². The predicted molar refractivity (Wildman–Crippen MR) is 71.8 cm³/mol. The number of sulfonamides is 1. The summed E-state index contributed by atoms with van der Waals surface area (Å²) in [5.74, 6) is -0.543. The van der Waals surface area contributed by atoms with Crippen LogP contribution in [0, 0.1) is 0 Å². The number of carbonyl (C=O) groups excluding carboxylic acids is 1. The van der Waals surface area contributed by atoms with Crippen LogP contribution in [-0.2, 0) is 14.8 Å². The molecule has 9 heteroatoms. The van der Waals surface area contributed by atoms with Crippen LogP contribution in [0.2, 0.25) is 0 Å². The zero-order chi connectivity index (χ0) is 12.9. The van der Waals surface area contributed by atoms with E-state index < -0.39 is 16.0 Å². The van der Waals surface area contributed by atoms with Crippen LogP contribution < -0.4 is 10.5 Å². The van der Waals surface area contributed by atoms with Gasteiger partial charge in [0.05, 0.1) is 12.0 Å². The molecule has 1 aromatic rings. The highest BCUT2D eigenvalue weighted by Gasteiger charge is 2.18. The lowest BCUT2D eigenvalue weighted by molar-refractivity contribution is 0.0606. The molecule has 104 valence electrons. The fourth-order valence-electron chi connectivity index (χ4n) is 1.06. The van der Waals surface area contributed by atoms with E-state index in [1.807, 2.05) is 0 Å². The lowest BCUT2D eigenvalue weighted by atomic mass is 10.4. The fourth-order valence-corrected chi connectivity index (χ4v) is 3.32. The third kappa shape index (κ3) is 4.54. The smallest absolute Gasteiger partial charge is 0.348 e. The maximum Gasteiger partial charge on any atom is 0.348 e. The van der Waals surface area contributed by atoms with Crippen LogP contribution in [0.5, 0.6) is 0 Å². The molecule has 6 nitrogen and oxygen atoms in total. The van der Waals surface area contributed by atoms with Gasteiger partial charge in [0.1, 0.15) is 4.88 Å². The van der Waals surface area contributed by atoms with Gasteiger partial charge in [0.2, 0.25) is 10.0 Å². The van der Waals surface area contributed by atoms with Gasteiger partial charge in [-0.2, -0.15) is 0 Å². The van der Waals surface area contributed by atoms with Crippen LogP contribution in [-0.4, -0.2) is 34.6 Å². The number of nitrogens with one attached hydrogen (secondary N) is 1. The van der Waals surface area contributed by atoms with Gasteiger partial charge in [-0.15, -0.1) is 23.7 Å². The largest absolute Gasteiger partial charge is 0.465 e. The standard InChI is InChI=1S/C9H14N2O4S2.ClH/c1-15-9(12)8-5-7(6-16-8)17(13,14)11-4-2-3-10;/h5-6,11H,2-4,10H2,1H3;1H. The summed E-state index contributed by atoms with van der Waals surface area (Å²) in [6.45, 7) is 0.696. The van der Waals surface area contributed by atoms with Crippen molar-refractivity contribution in [2.45, 2.75) is 11.3 Å². The number of halogens is 1. The number of hydrogen-bond acceptors (Lipinski definition) is 6. The van der Waals surface area contributed by atoms with Crippen molar-refractivity contribution in [2.75, 3.05) is 20.2 Å². The lowest BCUT2D eigenvalue weighted by Gasteiger charge is -2.03. The topological polar surface area (TPSA) is 98.5 Å². The van der Waals surface area contributed by atoms with Crippen molar-refractivity contribution in [3.8, 4) is 0 Å². The van der Waals surface area contributed by atoms with Crippen molar-refractivity contribution < 1.29 is 17.9 Å². The van der Waals surface area contributed by atoms with Crippen molar-refractivity contribution in [1.29, 1.82) is 0 Å². The van der Waals surface area contributed by atoms with Crippen LogP contribution in [0.25, 0.3) is 0 Å². The number of esters is 1. The van der Waals surface area contributed by atoms with Gasteiger partial charge in [0.15, 0.2) is 0 Å². The average Bonchev–Trinajstić information content (AvgIpc) is 2.78. The molecule has 0 saturated heterocycles. The molecule has 1 aromatic heterocycles. The van der Waals surface area contributed by atoms with Crippen molar-refractivity contribution in [3.05, 3.63) is 16.3 Å². The third-order valence-electron chi connectivity index (χ3n) is 1.95. The maximum absolute atomic E-state index is 11.7. The Morgan fingerprint density at radius 1 is 1.56 bits per heavy atom. The highest BCUT2D eigenvalue weighted by molar-refractivity contribution is 7.89. The van der Waals surface area contributed by atoms with Crippen LogP contribution in [0.1, 0.15) is 16.1 Å². The lowest BCUT2D eigenvalue weighted by Crippen LogP contribution is -2.25. The molecular weight excluding hydrogens is 300 g/mol. The Morgan fingerprint density at radius 2 is 2.22 bits per heavy atom. The average molecular weight is 315 g/mol. The van der Waals surface area contributed by atoms with E-state index in [0.29, 0.717) is 13.0 Å². The molecule has 0 aromatic carbocycles. The SMILES string of the molecule is COC(=O)c1cc(S(=O)(=O)NCCCN)cs1.Cl. The second-order valence-corrected chi connectivity index (χ2v) is 5.86. The van der Waals surface area contributed by atoms with Crippen LogP contribution in [0.4, 0.5) is 0 Å². The minimum absolute atomic E-state index is 0. The Labute approximate surface area is 116 Å². The number of thiophene rings is 1. The molecule has 0 aliphatic heterocycles. The third-order valence-corrected chi connectivity index (χ3v) is 4.45. The summed E-state index contributed by atoms with van der Waals surface area (Å²) >= 11 is 1.03. The molecular formula is C9H15ClN2O4S2. The first-order valence-electron chi connectivity index (χ1n) is 4.88. The molecule has 0 aliphatic carbocycles. The van der Waals surface area contributed by atoms with Gasteiger partial charge in [-0.05, 0) is 19.0 Å². The van der Waals surface area contributed by atoms with E-state index in [0.717, 1.165) is 11.3 Å². The van der Waals surface area contributed by atoms with E-state index in [1.165, 1.54) is 18.6 Å². The Kier molecular flexibility index (Phi) is 7.41. The minimum atomic E-state index is -3.56. The molecule has 1 rings (SSSR count). The van der Waals surface area contributed by atoms with E-state index in [2.05, 4.69) is 9.46 Å². The van der Waals surface area contributed by atoms with Crippen molar-refractivity contribution >= 4 is 39.7 Å². The molecule has 0 saturated carbocycles. The van der Waals surface area contributed by atoms with E-state index in [4.69, 9.17) is 5.73 Å². The van der Waals surface area contributed by atoms with Gasteiger partial charge in [-0.3, -0.25) is 0 Å². The van der Waals surface area contributed by atoms with Gasteiger partial charge < -0.3 is 10.5 Å². The quantitative estimate of drug-likeness (QED) is 0.591. The van der Waals surface area contributed by atoms with Crippen molar-refractivity contribution in [1.82, 2.24) is 4.72 Å². The number of methoxy groups -OCH3 is 1. The predicted octanol–water partition coefficient (Wildman–Crippen LogP) is 0.584.